The molecule has 0 aliphatic carbocycles. The predicted octanol–water partition coefficient (Wildman–Crippen LogP) is 3.90. The summed E-state index contributed by atoms with van der Waals surface area (Å²) < 4.78 is 41.1. The maximum atomic E-state index is 13.4. The monoisotopic (exact) mass is 424 g/mol. The number of anilines is 1. The maximum absolute atomic E-state index is 13.4. The molecule has 1 N–H and O–H groups in total. The van der Waals surface area contributed by atoms with Gasteiger partial charge in [0.05, 0.1) is 10.6 Å². The third kappa shape index (κ3) is 3.80. The second-order valence-corrected chi connectivity index (χ2v) is 9.13. The van der Waals surface area contributed by atoms with Crippen molar-refractivity contribution in [1.82, 2.24) is 5.32 Å². The molecule has 0 saturated heterocycles. The molecule has 0 saturated carbocycles. The number of nitrogens with one attached hydrogen (secondary N) is 1. The predicted molar refractivity (Wildman–Crippen MR) is 113 cm³/mol. The summed E-state index contributed by atoms with van der Waals surface area (Å²) in [4.78, 5) is 12.6. The number of carbonyl (C=O) groups is 1. The van der Waals surface area contributed by atoms with Crippen LogP contribution < -0.4 is 9.62 Å². The van der Waals surface area contributed by atoms with Crippen LogP contribution in [-0.4, -0.2) is 20.4 Å². The molecule has 0 spiro atoms. The molecule has 0 radical (unpaired) electrons. The van der Waals surface area contributed by atoms with Crippen LogP contribution in [0, 0.1) is 5.82 Å². The minimum Gasteiger partial charge on any atom is -0.348 e. The summed E-state index contributed by atoms with van der Waals surface area (Å²) in [6.07, 6.45) is 0.646. The van der Waals surface area contributed by atoms with E-state index in [0.717, 1.165) is 11.1 Å². The fourth-order valence-electron chi connectivity index (χ4n) is 3.70. The molecule has 0 aromatic heterocycles. The molecule has 1 amide bonds. The van der Waals surface area contributed by atoms with E-state index in [1.807, 2.05) is 25.1 Å². The number of nitrogens with zero attached hydrogens (tertiary/aromatic N) is 1. The van der Waals surface area contributed by atoms with Crippen molar-refractivity contribution in [3.05, 3.63) is 95.3 Å². The van der Waals surface area contributed by atoms with Crippen LogP contribution in [-0.2, 0) is 23.0 Å². The molecule has 0 fully saturated rings. The highest BCUT2D eigenvalue weighted by molar-refractivity contribution is 7.92. The Morgan fingerprint density at radius 2 is 1.80 bits per heavy atom. The van der Waals surface area contributed by atoms with Gasteiger partial charge in [0.15, 0.2) is 0 Å². The Morgan fingerprint density at radius 3 is 2.57 bits per heavy atom. The van der Waals surface area contributed by atoms with Gasteiger partial charge in [-0.3, -0.25) is 9.10 Å². The van der Waals surface area contributed by atoms with Crippen LogP contribution in [0.1, 0.15) is 28.4 Å². The Hall–Kier alpha value is -3.19. The third-order valence-corrected chi connectivity index (χ3v) is 7.09. The lowest BCUT2D eigenvalue weighted by Gasteiger charge is -2.24. The van der Waals surface area contributed by atoms with E-state index in [1.165, 1.54) is 28.6 Å². The molecule has 1 heterocycles. The molecule has 4 rings (SSSR count). The SMILES string of the molecule is CC1Cc2ccccc2N1S(=O)(=O)c1cccc(C(=O)NCc2ccc(F)cc2)c1. The smallest absolute Gasteiger partial charge is 0.264 e. The van der Waals surface area contributed by atoms with Gasteiger partial charge in [-0.05, 0) is 60.9 Å². The second-order valence-electron chi connectivity index (χ2n) is 7.32. The first-order valence-corrected chi connectivity index (χ1v) is 11.1. The molecular formula is C23H21FN2O3S. The molecular weight excluding hydrogens is 403 g/mol. The number of hydrogen-bond acceptors (Lipinski definition) is 3. The number of benzene rings is 3. The van der Waals surface area contributed by atoms with Gasteiger partial charge in [-0.1, -0.05) is 36.4 Å². The number of fused-ring (bicyclic) bond motifs is 1. The first-order chi connectivity index (χ1) is 14.4. The molecule has 3 aromatic carbocycles. The van der Waals surface area contributed by atoms with E-state index in [9.17, 15) is 17.6 Å². The average molecular weight is 424 g/mol. The number of para-hydroxylation sites is 1. The van der Waals surface area contributed by atoms with E-state index in [2.05, 4.69) is 5.32 Å². The number of halogens is 1. The Balaban J connectivity index is 1.57. The summed E-state index contributed by atoms with van der Waals surface area (Å²) in [5.41, 5.74) is 2.66. The van der Waals surface area contributed by atoms with Crippen molar-refractivity contribution in [2.24, 2.45) is 0 Å². The lowest BCUT2D eigenvalue weighted by molar-refractivity contribution is 0.0950. The Kier molecular flexibility index (Phi) is 5.30. The highest BCUT2D eigenvalue weighted by Gasteiger charge is 2.36. The second kappa shape index (κ2) is 7.91. The zero-order chi connectivity index (χ0) is 21.3. The summed E-state index contributed by atoms with van der Waals surface area (Å²) in [5, 5.41) is 2.74. The first kappa shape index (κ1) is 20.1. The van der Waals surface area contributed by atoms with Gasteiger partial charge in [-0.15, -0.1) is 0 Å². The number of hydrogen-bond donors (Lipinski definition) is 1. The van der Waals surface area contributed by atoms with Crippen molar-refractivity contribution in [2.45, 2.75) is 30.8 Å². The summed E-state index contributed by atoms with van der Waals surface area (Å²) in [6.45, 7) is 2.09. The van der Waals surface area contributed by atoms with Crippen LogP contribution in [0.25, 0.3) is 0 Å². The van der Waals surface area contributed by atoms with E-state index in [-0.39, 0.29) is 28.9 Å². The van der Waals surface area contributed by atoms with E-state index < -0.39 is 15.9 Å². The molecule has 0 bridgehead atoms. The topological polar surface area (TPSA) is 66.5 Å². The standard InChI is InChI=1S/C23H21FN2O3S/c1-16-13-18-5-2-3-8-22(18)26(16)30(28,29)21-7-4-6-19(14-21)23(27)25-15-17-9-11-20(24)12-10-17/h2-12,14,16H,13,15H2,1H3,(H,25,27). The fraction of sp³-hybridized carbons (Fsp3) is 0.174. The van der Waals surface area contributed by atoms with Gasteiger partial charge in [-0.25, -0.2) is 12.8 Å². The van der Waals surface area contributed by atoms with Crippen LogP contribution in [0.15, 0.2) is 77.7 Å². The van der Waals surface area contributed by atoms with Gasteiger partial charge in [-0.2, -0.15) is 0 Å². The zero-order valence-electron chi connectivity index (χ0n) is 16.4. The number of sulfonamides is 1. The van der Waals surface area contributed by atoms with Crippen molar-refractivity contribution in [3.8, 4) is 0 Å². The molecule has 5 nitrogen and oxygen atoms in total. The minimum atomic E-state index is -3.82. The number of carbonyl (C=O) groups excluding carboxylic acids is 1. The highest BCUT2D eigenvalue weighted by atomic mass is 32.2. The molecule has 1 aliphatic heterocycles. The van der Waals surface area contributed by atoms with Crippen molar-refractivity contribution >= 4 is 21.6 Å². The zero-order valence-corrected chi connectivity index (χ0v) is 17.2. The van der Waals surface area contributed by atoms with E-state index in [0.29, 0.717) is 12.1 Å². The first-order valence-electron chi connectivity index (χ1n) is 9.61. The van der Waals surface area contributed by atoms with Crippen molar-refractivity contribution in [2.75, 3.05) is 4.31 Å². The average Bonchev–Trinajstić information content (AvgIpc) is 3.09. The molecule has 30 heavy (non-hydrogen) atoms. The molecule has 1 unspecified atom stereocenters. The van der Waals surface area contributed by atoms with E-state index in [1.54, 1.807) is 30.3 Å². The van der Waals surface area contributed by atoms with Crippen molar-refractivity contribution < 1.29 is 17.6 Å². The van der Waals surface area contributed by atoms with Crippen LogP contribution in [0.2, 0.25) is 0 Å². The largest absolute Gasteiger partial charge is 0.348 e. The lowest BCUT2D eigenvalue weighted by atomic mass is 10.1. The molecule has 154 valence electrons. The van der Waals surface area contributed by atoms with Gasteiger partial charge in [0.25, 0.3) is 15.9 Å². The Bertz CT molecular complexity index is 1190. The van der Waals surface area contributed by atoms with Gasteiger partial charge < -0.3 is 5.32 Å². The van der Waals surface area contributed by atoms with Gasteiger partial charge >= 0.3 is 0 Å². The van der Waals surface area contributed by atoms with Gasteiger partial charge in [0.2, 0.25) is 0 Å². The molecule has 3 aromatic rings. The van der Waals surface area contributed by atoms with Crippen LogP contribution in [0.5, 0.6) is 0 Å². The highest BCUT2D eigenvalue weighted by Crippen LogP contribution is 2.36. The normalized spacial score (nSPS) is 15.7. The maximum Gasteiger partial charge on any atom is 0.264 e. The van der Waals surface area contributed by atoms with Gasteiger partial charge in [0, 0.05) is 18.2 Å². The quantitative estimate of drug-likeness (QED) is 0.676. The fourth-order valence-corrected chi connectivity index (χ4v) is 5.44. The summed E-state index contributed by atoms with van der Waals surface area (Å²) >= 11 is 0. The van der Waals surface area contributed by atoms with Crippen LogP contribution in [0.3, 0.4) is 0 Å². The van der Waals surface area contributed by atoms with Crippen molar-refractivity contribution in [3.63, 3.8) is 0 Å². The Morgan fingerprint density at radius 1 is 1.07 bits per heavy atom. The number of amides is 1. The summed E-state index contributed by atoms with van der Waals surface area (Å²) in [7, 11) is -3.82. The molecule has 7 heteroatoms. The van der Waals surface area contributed by atoms with Crippen molar-refractivity contribution in [1.29, 1.82) is 0 Å². The Labute approximate surface area is 175 Å². The summed E-state index contributed by atoms with van der Waals surface area (Å²) in [5.74, 6) is -0.744. The van der Waals surface area contributed by atoms with Crippen LogP contribution in [0.4, 0.5) is 10.1 Å². The lowest BCUT2D eigenvalue weighted by Crippen LogP contribution is -2.35. The third-order valence-electron chi connectivity index (χ3n) is 5.16. The van der Waals surface area contributed by atoms with Gasteiger partial charge in [0.1, 0.15) is 5.82 Å². The molecule has 1 atom stereocenters. The summed E-state index contributed by atoms with van der Waals surface area (Å²) in [6, 6.07) is 19.1. The molecule has 1 aliphatic rings. The van der Waals surface area contributed by atoms with E-state index in [4.69, 9.17) is 0 Å². The number of rotatable bonds is 5. The minimum absolute atomic E-state index is 0.0699. The van der Waals surface area contributed by atoms with Crippen LogP contribution >= 0.6 is 0 Å². The van der Waals surface area contributed by atoms with E-state index >= 15 is 0 Å².